The lowest BCUT2D eigenvalue weighted by molar-refractivity contribution is -0.118. The van der Waals surface area contributed by atoms with Crippen LogP contribution >= 0.6 is 11.8 Å². The zero-order chi connectivity index (χ0) is 18.5. The highest BCUT2D eigenvalue weighted by Crippen LogP contribution is 2.27. The SMILES string of the molecule is Cc1cc(CNC(=O)CSc2nc3c(cc2C#N)CCCC3)ccc1F. The summed E-state index contributed by atoms with van der Waals surface area (Å²) in [4.78, 5) is 16.7. The molecule has 26 heavy (non-hydrogen) atoms. The summed E-state index contributed by atoms with van der Waals surface area (Å²) in [6.45, 7) is 2.05. The number of nitriles is 1. The maximum absolute atomic E-state index is 13.3. The van der Waals surface area contributed by atoms with Gasteiger partial charge >= 0.3 is 0 Å². The highest BCUT2D eigenvalue weighted by molar-refractivity contribution is 8.00. The van der Waals surface area contributed by atoms with Gasteiger partial charge in [-0.3, -0.25) is 4.79 Å². The molecule has 0 spiro atoms. The highest BCUT2D eigenvalue weighted by atomic mass is 32.2. The molecule has 4 nitrogen and oxygen atoms in total. The number of hydrogen-bond acceptors (Lipinski definition) is 4. The van der Waals surface area contributed by atoms with Crippen molar-refractivity contribution >= 4 is 17.7 Å². The number of pyridine rings is 1. The molecule has 1 aromatic carbocycles. The van der Waals surface area contributed by atoms with Gasteiger partial charge in [0.15, 0.2) is 0 Å². The fourth-order valence-corrected chi connectivity index (χ4v) is 3.81. The first-order chi connectivity index (χ1) is 12.6. The number of hydrogen-bond donors (Lipinski definition) is 1. The summed E-state index contributed by atoms with van der Waals surface area (Å²) in [5.41, 5.74) is 4.17. The van der Waals surface area contributed by atoms with Crippen molar-refractivity contribution in [3.8, 4) is 6.07 Å². The Morgan fingerprint density at radius 1 is 1.35 bits per heavy atom. The van der Waals surface area contributed by atoms with Crippen LogP contribution in [0.1, 0.15) is 40.8 Å². The molecule has 1 heterocycles. The van der Waals surface area contributed by atoms with Gasteiger partial charge < -0.3 is 5.32 Å². The number of aryl methyl sites for hydroxylation is 3. The molecule has 2 aromatic rings. The van der Waals surface area contributed by atoms with Gasteiger partial charge in [-0.05, 0) is 61.4 Å². The lowest BCUT2D eigenvalue weighted by Crippen LogP contribution is -2.24. The number of halogens is 1. The molecule has 0 unspecified atom stereocenters. The number of fused-ring (bicyclic) bond motifs is 1. The van der Waals surface area contributed by atoms with E-state index in [4.69, 9.17) is 0 Å². The highest BCUT2D eigenvalue weighted by Gasteiger charge is 2.16. The lowest BCUT2D eigenvalue weighted by Gasteiger charge is -2.16. The second kappa shape index (κ2) is 8.33. The minimum absolute atomic E-state index is 0.139. The molecule has 0 fully saturated rings. The predicted octanol–water partition coefficient (Wildman–Crippen LogP) is 3.69. The Bertz CT molecular complexity index is 876. The average molecular weight is 369 g/mol. The van der Waals surface area contributed by atoms with Crippen molar-refractivity contribution < 1.29 is 9.18 Å². The molecular weight excluding hydrogens is 349 g/mol. The van der Waals surface area contributed by atoms with Crippen LogP contribution in [0.4, 0.5) is 4.39 Å². The van der Waals surface area contributed by atoms with E-state index in [1.54, 1.807) is 19.1 Å². The first-order valence-corrected chi connectivity index (χ1v) is 9.63. The predicted molar refractivity (Wildman–Crippen MR) is 99.3 cm³/mol. The van der Waals surface area contributed by atoms with Crippen LogP contribution in [0.3, 0.4) is 0 Å². The van der Waals surface area contributed by atoms with E-state index in [-0.39, 0.29) is 17.5 Å². The summed E-state index contributed by atoms with van der Waals surface area (Å²) in [6, 6.07) is 8.90. The van der Waals surface area contributed by atoms with Crippen molar-refractivity contribution in [3.05, 3.63) is 58.0 Å². The van der Waals surface area contributed by atoms with Crippen LogP contribution in [0.5, 0.6) is 0 Å². The summed E-state index contributed by atoms with van der Waals surface area (Å²) in [6.07, 6.45) is 4.16. The molecule has 1 N–H and O–H groups in total. The Labute approximate surface area is 156 Å². The van der Waals surface area contributed by atoms with E-state index in [9.17, 15) is 14.4 Å². The number of aromatic nitrogens is 1. The van der Waals surface area contributed by atoms with Gasteiger partial charge in [-0.15, -0.1) is 0 Å². The fourth-order valence-electron chi connectivity index (χ4n) is 3.01. The minimum Gasteiger partial charge on any atom is -0.351 e. The molecule has 1 aliphatic rings. The molecule has 0 atom stereocenters. The van der Waals surface area contributed by atoms with Gasteiger partial charge in [0, 0.05) is 12.2 Å². The van der Waals surface area contributed by atoms with E-state index >= 15 is 0 Å². The molecule has 0 radical (unpaired) electrons. The van der Waals surface area contributed by atoms with Crippen LogP contribution < -0.4 is 5.32 Å². The molecule has 1 aromatic heterocycles. The summed E-state index contributed by atoms with van der Waals surface area (Å²) in [5.74, 6) is -0.195. The summed E-state index contributed by atoms with van der Waals surface area (Å²) in [5, 5.41) is 12.8. The van der Waals surface area contributed by atoms with E-state index in [0.29, 0.717) is 22.7 Å². The zero-order valence-corrected chi connectivity index (χ0v) is 15.5. The van der Waals surface area contributed by atoms with Gasteiger partial charge in [0.1, 0.15) is 16.9 Å². The topological polar surface area (TPSA) is 65.8 Å². The minimum atomic E-state index is -0.252. The molecule has 0 bridgehead atoms. The Morgan fingerprint density at radius 3 is 2.92 bits per heavy atom. The average Bonchev–Trinajstić information content (AvgIpc) is 2.66. The lowest BCUT2D eigenvalue weighted by atomic mass is 9.95. The second-order valence-electron chi connectivity index (χ2n) is 6.41. The molecule has 1 aliphatic carbocycles. The maximum Gasteiger partial charge on any atom is 0.230 e. The van der Waals surface area contributed by atoms with Gasteiger partial charge in [0.2, 0.25) is 5.91 Å². The quantitative estimate of drug-likeness (QED) is 0.817. The van der Waals surface area contributed by atoms with Crippen LogP contribution in [0.25, 0.3) is 0 Å². The standard InChI is InChI=1S/C20H20FN3OS/c1-13-8-14(6-7-17(13)21)11-23-19(25)12-26-20-16(10-22)9-15-4-2-3-5-18(15)24-20/h6-9H,2-5,11-12H2,1H3,(H,23,25). The molecule has 1 amide bonds. The second-order valence-corrected chi connectivity index (χ2v) is 7.38. The molecule has 0 saturated carbocycles. The van der Waals surface area contributed by atoms with Gasteiger partial charge in [-0.1, -0.05) is 23.9 Å². The van der Waals surface area contributed by atoms with Crippen molar-refractivity contribution in [1.29, 1.82) is 5.26 Å². The monoisotopic (exact) mass is 369 g/mol. The van der Waals surface area contributed by atoms with Crippen molar-refractivity contribution in [2.45, 2.75) is 44.2 Å². The molecule has 3 rings (SSSR count). The van der Waals surface area contributed by atoms with Crippen molar-refractivity contribution in [1.82, 2.24) is 10.3 Å². The zero-order valence-electron chi connectivity index (χ0n) is 14.6. The van der Waals surface area contributed by atoms with Crippen LogP contribution in [-0.2, 0) is 24.2 Å². The number of carbonyl (C=O) groups excluding carboxylic acids is 1. The van der Waals surface area contributed by atoms with Crippen molar-refractivity contribution in [2.24, 2.45) is 0 Å². The molecule has 0 aliphatic heterocycles. The van der Waals surface area contributed by atoms with Crippen molar-refractivity contribution in [2.75, 3.05) is 5.75 Å². The van der Waals surface area contributed by atoms with Gasteiger partial charge in [-0.2, -0.15) is 5.26 Å². The van der Waals surface area contributed by atoms with E-state index in [1.807, 2.05) is 6.07 Å². The molecule has 6 heteroatoms. The molecule has 134 valence electrons. The third kappa shape index (κ3) is 4.41. The Hall–Kier alpha value is -2.39. The third-order valence-corrected chi connectivity index (χ3v) is 5.43. The summed E-state index contributed by atoms with van der Waals surface area (Å²) >= 11 is 1.29. The fraction of sp³-hybridized carbons (Fsp3) is 0.350. The van der Waals surface area contributed by atoms with Crippen LogP contribution in [0.15, 0.2) is 29.3 Å². The number of nitrogens with one attached hydrogen (secondary N) is 1. The Morgan fingerprint density at radius 2 is 2.15 bits per heavy atom. The largest absolute Gasteiger partial charge is 0.351 e. The normalized spacial score (nSPS) is 13.0. The Balaban J connectivity index is 1.59. The van der Waals surface area contributed by atoms with Crippen LogP contribution in [0, 0.1) is 24.1 Å². The first kappa shape index (κ1) is 18.4. The van der Waals surface area contributed by atoms with Crippen molar-refractivity contribution in [3.63, 3.8) is 0 Å². The van der Waals surface area contributed by atoms with E-state index < -0.39 is 0 Å². The number of benzene rings is 1. The smallest absolute Gasteiger partial charge is 0.230 e. The number of carbonyl (C=O) groups is 1. The summed E-state index contributed by atoms with van der Waals surface area (Å²) < 4.78 is 13.3. The number of amides is 1. The molecular formula is C20H20FN3OS. The van der Waals surface area contributed by atoms with E-state index in [1.165, 1.54) is 17.8 Å². The maximum atomic E-state index is 13.3. The van der Waals surface area contributed by atoms with Gasteiger partial charge in [0.05, 0.1) is 11.3 Å². The van der Waals surface area contributed by atoms with E-state index in [0.717, 1.165) is 42.5 Å². The van der Waals surface area contributed by atoms with E-state index in [2.05, 4.69) is 16.4 Å². The number of rotatable bonds is 5. The van der Waals surface area contributed by atoms with Crippen LogP contribution in [0.2, 0.25) is 0 Å². The number of nitrogens with zero attached hydrogens (tertiary/aromatic N) is 2. The molecule has 0 saturated heterocycles. The first-order valence-electron chi connectivity index (χ1n) is 8.64. The number of thioether (sulfide) groups is 1. The van der Waals surface area contributed by atoms with Gasteiger partial charge in [-0.25, -0.2) is 9.37 Å². The third-order valence-electron chi connectivity index (χ3n) is 4.44. The van der Waals surface area contributed by atoms with Crippen LogP contribution in [-0.4, -0.2) is 16.6 Å². The Kier molecular flexibility index (Phi) is 5.89. The summed E-state index contributed by atoms with van der Waals surface area (Å²) in [7, 11) is 0. The van der Waals surface area contributed by atoms with Gasteiger partial charge in [0.25, 0.3) is 0 Å².